The van der Waals surface area contributed by atoms with E-state index in [1.165, 1.54) is 0 Å². The summed E-state index contributed by atoms with van der Waals surface area (Å²) in [6, 6.07) is 0. The summed E-state index contributed by atoms with van der Waals surface area (Å²) in [4.78, 5) is 20.2. The van der Waals surface area contributed by atoms with E-state index in [2.05, 4.69) is 34.4 Å². The molecular formula is C18H38IN5O3. The molecule has 0 aromatic rings. The van der Waals surface area contributed by atoms with Crippen LogP contribution >= 0.6 is 24.0 Å². The van der Waals surface area contributed by atoms with E-state index < -0.39 is 0 Å². The van der Waals surface area contributed by atoms with Gasteiger partial charge in [0, 0.05) is 60.5 Å². The number of rotatable bonds is 10. The van der Waals surface area contributed by atoms with Gasteiger partial charge in [-0.1, -0.05) is 13.8 Å². The molecule has 1 rings (SSSR count). The lowest BCUT2D eigenvalue weighted by Crippen LogP contribution is -2.46. The fourth-order valence-electron chi connectivity index (χ4n) is 2.41. The molecular weight excluding hydrogens is 461 g/mol. The Kier molecular flexibility index (Phi) is 14.0. The fraction of sp³-hybridized carbons (Fsp3) is 0.889. The number of amides is 1. The van der Waals surface area contributed by atoms with Crippen molar-refractivity contribution in [3.05, 3.63) is 0 Å². The number of carbonyl (C=O) groups is 1. The summed E-state index contributed by atoms with van der Waals surface area (Å²) >= 11 is 0. The van der Waals surface area contributed by atoms with Crippen molar-refractivity contribution in [1.29, 1.82) is 0 Å². The molecule has 0 atom stereocenters. The van der Waals surface area contributed by atoms with E-state index in [4.69, 9.17) is 9.47 Å². The van der Waals surface area contributed by atoms with E-state index in [9.17, 15) is 4.79 Å². The van der Waals surface area contributed by atoms with Gasteiger partial charge in [0.2, 0.25) is 5.91 Å². The normalized spacial score (nSPS) is 15.8. The number of hydrogen-bond acceptors (Lipinski definition) is 5. The number of methoxy groups -OCH3 is 1. The van der Waals surface area contributed by atoms with E-state index in [1.807, 2.05) is 0 Å². The molecule has 0 bridgehead atoms. The fourth-order valence-corrected chi connectivity index (χ4v) is 2.41. The van der Waals surface area contributed by atoms with Gasteiger partial charge in [-0.05, 0) is 11.8 Å². The largest absolute Gasteiger partial charge is 0.385 e. The maximum absolute atomic E-state index is 11.8. The van der Waals surface area contributed by atoms with Crippen LogP contribution in [-0.4, -0.2) is 102 Å². The second-order valence-corrected chi connectivity index (χ2v) is 7.59. The van der Waals surface area contributed by atoms with Crippen molar-refractivity contribution in [3.8, 4) is 0 Å². The quantitative estimate of drug-likeness (QED) is 0.261. The molecule has 0 aromatic carbocycles. The summed E-state index contributed by atoms with van der Waals surface area (Å²) in [5, 5.41) is 6.71. The Balaban J connectivity index is 0.00000676. The van der Waals surface area contributed by atoms with Gasteiger partial charge >= 0.3 is 0 Å². The number of nitrogens with one attached hydrogen (secondary N) is 2. The zero-order valence-electron chi connectivity index (χ0n) is 17.5. The second-order valence-electron chi connectivity index (χ2n) is 7.59. The highest BCUT2D eigenvalue weighted by atomic mass is 127. The van der Waals surface area contributed by atoms with Crippen LogP contribution in [0.15, 0.2) is 4.99 Å². The first-order valence-electron chi connectivity index (χ1n) is 9.35. The Morgan fingerprint density at radius 2 is 1.93 bits per heavy atom. The van der Waals surface area contributed by atoms with Crippen LogP contribution in [0.4, 0.5) is 0 Å². The molecule has 1 heterocycles. The summed E-state index contributed by atoms with van der Waals surface area (Å²) in [6.45, 7) is 11.2. The third-order valence-corrected chi connectivity index (χ3v) is 4.41. The van der Waals surface area contributed by atoms with Gasteiger partial charge in [0.05, 0.1) is 13.2 Å². The maximum Gasteiger partial charge on any atom is 0.243 e. The van der Waals surface area contributed by atoms with Crippen molar-refractivity contribution in [1.82, 2.24) is 20.4 Å². The minimum atomic E-state index is -0.0158. The van der Waals surface area contributed by atoms with Crippen LogP contribution in [-0.2, 0) is 14.3 Å². The standard InChI is InChI=1S/C18H37N5O3.HI/c1-18(2,6-11-25-5)15-21-17(20-14-16(24)22(3)4)19-7-8-23-9-12-26-13-10-23;/h6-15H2,1-5H3,(H2,19,20,21);1H. The molecule has 0 aliphatic carbocycles. The molecule has 0 unspecified atom stereocenters. The predicted molar refractivity (Wildman–Crippen MR) is 120 cm³/mol. The molecule has 160 valence electrons. The SMILES string of the molecule is COCCC(C)(C)CNC(=NCC(=O)N(C)C)NCCN1CCOCC1.I. The lowest BCUT2D eigenvalue weighted by Gasteiger charge is -2.28. The van der Waals surface area contributed by atoms with Crippen molar-refractivity contribution in [2.45, 2.75) is 20.3 Å². The lowest BCUT2D eigenvalue weighted by atomic mass is 9.90. The van der Waals surface area contributed by atoms with Crippen LogP contribution in [0.5, 0.6) is 0 Å². The van der Waals surface area contributed by atoms with Gasteiger partial charge < -0.3 is 25.0 Å². The third-order valence-electron chi connectivity index (χ3n) is 4.41. The highest BCUT2D eigenvalue weighted by Crippen LogP contribution is 2.18. The number of ether oxygens (including phenoxy) is 2. The van der Waals surface area contributed by atoms with E-state index in [0.29, 0.717) is 5.96 Å². The molecule has 0 saturated carbocycles. The molecule has 9 heteroatoms. The zero-order valence-corrected chi connectivity index (χ0v) is 19.9. The maximum atomic E-state index is 11.8. The first-order chi connectivity index (χ1) is 12.3. The molecule has 8 nitrogen and oxygen atoms in total. The molecule has 2 N–H and O–H groups in total. The minimum absolute atomic E-state index is 0. The highest BCUT2D eigenvalue weighted by molar-refractivity contribution is 14.0. The zero-order chi connectivity index (χ0) is 19.4. The minimum Gasteiger partial charge on any atom is -0.385 e. The van der Waals surface area contributed by atoms with E-state index in [1.54, 1.807) is 26.1 Å². The molecule has 1 aliphatic rings. The summed E-state index contributed by atoms with van der Waals surface area (Å²) in [5.41, 5.74) is 0.0776. The van der Waals surface area contributed by atoms with Gasteiger partial charge in [0.25, 0.3) is 0 Å². The summed E-state index contributed by atoms with van der Waals surface area (Å²) in [5.74, 6) is 0.664. The van der Waals surface area contributed by atoms with Crippen molar-refractivity contribution >= 4 is 35.8 Å². The Labute approximate surface area is 181 Å². The van der Waals surface area contributed by atoms with Gasteiger partial charge in [0.15, 0.2) is 5.96 Å². The Morgan fingerprint density at radius 1 is 1.26 bits per heavy atom. The molecule has 27 heavy (non-hydrogen) atoms. The molecule has 1 aliphatic heterocycles. The van der Waals surface area contributed by atoms with Gasteiger partial charge in [-0.2, -0.15) is 0 Å². The summed E-state index contributed by atoms with van der Waals surface area (Å²) in [6.07, 6.45) is 0.953. The molecule has 0 aromatic heterocycles. The number of guanidine groups is 1. The van der Waals surface area contributed by atoms with E-state index in [0.717, 1.165) is 59.0 Å². The lowest BCUT2D eigenvalue weighted by molar-refractivity contribution is -0.127. The summed E-state index contributed by atoms with van der Waals surface area (Å²) < 4.78 is 10.6. The highest BCUT2D eigenvalue weighted by Gasteiger charge is 2.18. The molecule has 1 saturated heterocycles. The first kappa shape index (κ1) is 26.4. The van der Waals surface area contributed by atoms with Crippen molar-refractivity contribution in [2.24, 2.45) is 10.4 Å². The smallest absolute Gasteiger partial charge is 0.243 e. The molecule has 0 radical (unpaired) electrons. The number of hydrogen-bond donors (Lipinski definition) is 2. The van der Waals surface area contributed by atoms with E-state index >= 15 is 0 Å². The number of carbonyl (C=O) groups excluding carboxylic acids is 1. The van der Waals surface area contributed by atoms with Crippen molar-refractivity contribution < 1.29 is 14.3 Å². The number of halogens is 1. The monoisotopic (exact) mass is 499 g/mol. The van der Waals surface area contributed by atoms with Gasteiger partial charge in [-0.3, -0.25) is 9.69 Å². The van der Waals surface area contributed by atoms with Gasteiger partial charge in [-0.25, -0.2) is 4.99 Å². The van der Waals surface area contributed by atoms with Crippen LogP contribution in [0, 0.1) is 5.41 Å². The van der Waals surface area contributed by atoms with Crippen molar-refractivity contribution in [2.75, 3.05) is 80.3 Å². The van der Waals surface area contributed by atoms with Crippen LogP contribution in [0.25, 0.3) is 0 Å². The summed E-state index contributed by atoms with van der Waals surface area (Å²) in [7, 11) is 5.20. The van der Waals surface area contributed by atoms with Crippen molar-refractivity contribution in [3.63, 3.8) is 0 Å². The number of likely N-dealkylation sites (N-methyl/N-ethyl adjacent to an activating group) is 1. The van der Waals surface area contributed by atoms with Gasteiger partial charge in [0.1, 0.15) is 6.54 Å². The molecule has 1 amide bonds. The molecule has 0 spiro atoms. The van der Waals surface area contributed by atoms with Crippen LogP contribution in [0.2, 0.25) is 0 Å². The Bertz CT molecular complexity index is 441. The topological polar surface area (TPSA) is 78.4 Å². The Morgan fingerprint density at radius 3 is 2.52 bits per heavy atom. The van der Waals surface area contributed by atoms with E-state index in [-0.39, 0.29) is 41.8 Å². The average molecular weight is 499 g/mol. The van der Waals surface area contributed by atoms with Crippen LogP contribution in [0.3, 0.4) is 0 Å². The van der Waals surface area contributed by atoms with Crippen LogP contribution < -0.4 is 10.6 Å². The average Bonchev–Trinajstić information content (AvgIpc) is 2.62. The second kappa shape index (κ2) is 14.4. The Hall–Kier alpha value is -0.650. The number of aliphatic imine (C=N–C) groups is 1. The number of morpholine rings is 1. The first-order valence-corrected chi connectivity index (χ1v) is 9.35. The predicted octanol–water partition coefficient (Wildman–Crippen LogP) is 0.623. The van der Waals surface area contributed by atoms with Crippen LogP contribution in [0.1, 0.15) is 20.3 Å². The van der Waals surface area contributed by atoms with Gasteiger partial charge in [-0.15, -0.1) is 24.0 Å². The molecule has 1 fully saturated rings. The third kappa shape index (κ3) is 12.4. The number of nitrogens with zero attached hydrogens (tertiary/aromatic N) is 3.